The van der Waals surface area contributed by atoms with Gasteiger partial charge in [-0.3, -0.25) is 0 Å². The van der Waals surface area contributed by atoms with Gasteiger partial charge < -0.3 is 4.74 Å². The Morgan fingerprint density at radius 2 is 1.35 bits per heavy atom. The van der Waals surface area contributed by atoms with Gasteiger partial charge in [0, 0.05) is 22.9 Å². The lowest BCUT2D eigenvalue weighted by atomic mass is 10.0. The van der Waals surface area contributed by atoms with Crippen LogP contribution < -0.4 is 5.01 Å². The molecule has 0 bridgehead atoms. The second-order valence-corrected chi connectivity index (χ2v) is 11.9. The number of benzene rings is 4. The van der Waals surface area contributed by atoms with Crippen molar-refractivity contribution in [2.45, 2.75) is 65.2 Å². The lowest BCUT2D eigenvalue weighted by molar-refractivity contribution is 0.0497. The molecule has 0 spiro atoms. The Balaban J connectivity index is 1.26. The SMILES string of the molecule is CCCCCCCCCCOC(=O)c1ccc2c(c1)-c1ccccc1/C2=N/N(c1ccccc1)c1cc(C)n(-c2ccccc2)n1. The van der Waals surface area contributed by atoms with E-state index in [1.807, 2.05) is 101 Å². The molecule has 234 valence electrons. The number of aryl methyl sites for hydroxylation is 1. The quantitative estimate of drug-likeness (QED) is 0.0700. The fourth-order valence-electron chi connectivity index (χ4n) is 6.06. The molecule has 0 aliphatic heterocycles. The topological polar surface area (TPSA) is 59.7 Å². The number of nitrogens with zero attached hydrogens (tertiary/aromatic N) is 4. The molecule has 1 aliphatic rings. The number of unbranched alkanes of at least 4 members (excludes halogenated alkanes) is 7. The van der Waals surface area contributed by atoms with Crippen molar-refractivity contribution in [3.8, 4) is 16.8 Å². The summed E-state index contributed by atoms with van der Waals surface area (Å²) < 4.78 is 7.63. The molecule has 6 heteroatoms. The molecular formula is C40H42N4O2. The van der Waals surface area contributed by atoms with E-state index in [1.165, 1.54) is 38.5 Å². The molecule has 0 radical (unpaired) electrons. The van der Waals surface area contributed by atoms with Crippen LogP contribution in [0.15, 0.2) is 114 Å². The zero-order chi connectivity index (χ0) is 31.7. The van der Waals surface area contributed by atoms with Gasteiger partial charge in [-0.05, 0) is 60.9 Å². The van der Waals surface area contributed by atoms with Gasteiger partial charge in [0.2, 0.25) is 0 Å². The Morgan fingerprint density at radius 3 is 2.09 bits per heavy atom. The van der Waals surface area contributed by atoms with Gasteiger partial charge in [0.15, 0.2) is 5.82 Å². The molecule has 0 fully saturated rings. The molecule has 4 aromatic carbocycles. The summed E-state index contributed by atoms with van der Waals surface area (Å²) >= 11 is 0. The van der Waals surface area contributed by atoms with Crippen LogP contribution in [0.5, 0.6) is 0 Å². The van der Waals surface area contributed by atoms with Crippen LogP contribution in [0.2, 0.25) is 0 Å². The first-order valence-electron chi connectivity index (χ1n) is 16.6. The number of aromatic nitrogens is 2. The Morgan fingerprint density at radius 1 is 0.717 bits per heavy atom. The molecule has 6 nitrogen and oxygen atoms in total. The monoisotopic (exact) mass is 610 g/mol. The molecular weight excluding hydrogens is 568 g/mol. The number of carbonyl (C=O) groups is 1. The van der Waals surface area contributed by atoms with Gasteiger partial charge >= 0.3 is 5.97 Å². The van der Waals surface area contributed by atoms with Crippen LogP contribution in [-0.4, -0.2) is 28.1 Å². The summed E-state index contributed by atoms with van der Waals surface area (Å²) in [6.45, 7) is 4.75. The number of carbonyl (C=O) groups excluding carboxylic acids is 1. The molecule has 0 saturated heterocycles. The predicted molar refractivity (Wildman–Crippen MR) is 187 cm³/mol. The molecule has 0 amide bonds. The number of fused-ring (bicyclic) bond motifs is 3. The summed E-state index contributed by atoms with van der Waals surface area (Å²) in [6.07, 6.45) is 9.67. The van der Waals surface area contributed by atoms with E-state index in [2.05, 4.69) is 32.0 Å². The molecule has 6 rings (SSSR count). The number of ether oxygens (including phenoxy) is 1. The van der Waals surface area contributed by atoms with Crippen LogP contribution in [0, 0.1) is 6.92 Å². The minimum atomic E-state index is -0.276. The number of hydrazone groups is 1. The van der Waals surface area contributed by atoms with Crippen molar-refractivity contribution in [3.63, 3.8) is 0 Å². The van der Waals surface area contributed by atoms with Gasteiger partial charge in [0.05, 0.1) is 29.3 Å². The lowest BCUT2D eigenvalue weighted by Gasteiger charge is -2.18. The van der Waals surface area contributed by atoms with E-state index >= 15 is 0 Å². The normalized spacial score (nSPS) is 12.6. The third kappa shape index (κ3) is 6.96. The average Bonchev–Trinajstić information content (AvgIpc) is 3.64. The van der Waals surface area contributed by atoms with Gasteiger partial charge in [-0.15, -0.1) is 5.10 Å². The van der Waals surface area contributed by atoms with Crippen LogP contribution >= 0.6 is 0 Å². The highest BCUT2D eigenvalue weighted by molar-refractivity contribution is 6.25. The highest BCUT2D eigenvalue weighted by Gasteiger charge is 2.28. The van der Waals surface area contributed by atoms with E-state index in [9.17, 15) is 4.79 Å². The van der Waals surface area contributed by atoms with Crippen LogP contribution in [0.1, 0.15) is 85.5 Å². The van der Waals surface area contributed by atoms with Crippen molar-refractivity contribution in [3.05, 3.63) is 132 Å². The standard InChI is InChI=1S/C40H42N4O2/c1-3-4-5-6-7-8-9-18-27-46-40(45)31-25-26-36-37(29-31)34-23-16-17-24-35(34)39(36)42-44(33-21-14-11-15-22-33)38-28-30(2)43(41-38)32-19-12-10-13-20-32/h10-17,19-26,28-29H,3-9,18,27H2,1-2H3/b42-39-. The number of hydrogen-bond donors (Lipinski definition) is 0. The summed E-state index contributed by atoms with van der Waals surface area (Å²) in [5, 5.41) is 12.2. The first-order chi connectivity index (χ1) is 22.6. The van der Waals surface area contributed by atoms with Gasteiger partial charge in [-0.2, -0.15) is 5.10 Å². The maximum absolute atomic E-state index is 13.1. The molecule has 1 aromatic heterocycles. The Kier molecular flexibility index (Phi) is 10.0. The van der Waals surface area contributed by atoms with E-state index in [0.29, 0.717) is 18.0 Å². The number of anilines is 2. The Labute approximate surface area is 272 Å². The zero-order valence-corrected chi connectivity index (χ0v) is 26.9. The second kappa shape index (κ2) is 14.9. The highest BCUT2D eigenvalue weighted by Crippen LogP contribution is 2.39. The second-order valence-electron chi connectivity index (χ2n) is 11.9. The maximum Gasteiger partial charge on any atom is 0.338 e. The smallest absolute Gasteiger partial charge is 0.338 e. The van der Waals surface area contributed by atoms with Gasteiger partial charge in [0.25, 0.3) is 0 Å². The fourth-order valence-corrected chi connectivity index (χ4v) is 6.06. The third-order valence-corrected chi connectivity index (χ3v) is 8.51. The molecule has 0 saturated carbocycles. The number of para-hydroxylation sites is 2. The van der Waals surface area contributed by atoms with Gasteiger partial charge in [0.1, 0.15) is 0 Å². The molecule has 0 N–H and O–H groups in total. The molecule has 46 heavy (non-hydrogen) atoms. The molecule has 5 aromatic rings. The minimum Gasteiger partial charge on any atom is -0.462 e. The molecule has 0 unspecified atom stereocenters. The molecule has 1 aliphatic carbocycles. The van der Waals surface area contributed by atoms with Crippen molar-refractivity contribution in [2.75, 3.05) is 11.6 Å². The first-order valence-corrected chi connectivity index (χ1v) is 16.6. The zero-order valence-electron chi connectivity index (χ0n) is 26.9. The van der Waals surface area contributed by atoms with E-state index in [1.54, 1.807) is 0 Å². The van der Waals surface area contributed by atoms with Crippen LogP contribution in [-0.2, 0) is 4.74 Å². The highest BCUT2D eigenvalue weighted by atomic mass is 16.5. The number of hydrogen-bond acceptors (Lipinski definition) is 5. The summed E-state index contributed by atoms with van der Waals surface area (Å²) in [4.78, 5) is 13.1. The van der Waals surface area contributed by atoms with Gasteiger partial charge in [-0.1, -0.05) is 119 Å². The van der Waals surface area contributed by atoms with Gasteiger partial charge in [-0.25, -0.2) is 14.5 Å². The average molecular weight is 611 g/mol. The van der Waals surface area contributed by atoms with Crippen LogP contribution in [0.25, 0.3) is 16.8 Å². The summed E-state index contributed by atoms with van der Waals surface area (Å²) in [5.41, 5.74) is 8.31. The van der Waals surface area contributed by atoms with E-state index in [4.69, 9.17) is 14.9 Å². The summed E-state index contributed by atoms with van der Waals surface area (Å²) in [5.74, 6) is 0.439. The third-order valence-electron chi connectivity index (χ3n) is 8.51. The van der Waals surface area contributed by atoms with Crippen LogP contribution in [0.3, 0.4) is 0 Å². The van der Waals surface area contributed by atoms with Crippen molar-refractivity contribution in [1.82, 2.24) is 9.78 Å². The van der Waals surface area contributed by atoms with Crippen molar-refractivity contribution in [2.24, 2.45) is 5.10 Å². The van der Waals surface area contributed by atoms with E-state index < -0.39 is 0 Å². The van der Waals surface area contributed by atoms with E-state index in [-0.39, 0.29) is 5.97 Å². The van der Waals surface area contributed by atoms with Crippen molar-refractivity contribution < 1.29 is 9.53 Å². The Bertz CT molecular complexity index is 1790. The largest absolute Gasteiger partial charge is 0.462 e. The molecule has 0 atom stereocenters. The fraction of sp³-hybridized carbons (Fsp3) is 0.275. The predicted octanol–water partition coefficient (Wildman–Crippen LogP) is 10.0. The molecule has 1 heterocycles. The van der Waals surface area contributed by atoms with E-state index in [0.717, 1.165) is 57.9 Å². The minimum absolute atomic E-state index is 0.276. The summed E-state index contributed by atoms with van der Waals surface area (Å²) in [7, 11) is 0. The lowest BCUT2D eigenvalue weighted by Crippen LogP contribution is -2.15. The number of rotatable bonds is 14. The van der Waals surface area contributed by atoms with Crippen molar-refractivity contribution in [1.29, 1.82) is 0 Å². The Hall–Kier alpha value is -4.97. The maximum atomic E-state index is 13.1. The summed E-state index contributed by atoms with van der Waals surface area (Å²) in [6, 6.07) is 36.3. The number of esters is 1. The first kappa shape index (κ1) is 31.0. The van der Waals surface area contributed by atoms with Crippen molar-refractivity contribution >= 4 is 23.2 Å². The van der Waals surface area contributed by atoms with Crippen LogP contribution in [0.4, 0.5) is 11.5 Å².